The van der Waals surface area contributed by atoms with E-state index in [1.54, 1.807) is 13.2 Å². The molecular formula is C17H17N3O2S. The molecule has 1 aromatic carbocycles. The summed E-state index contributed by atoms with van der Waals surface area (Å²) in [5.74, 6) is 0.495. The third-order valence-corrected chi connectivity index (χ3v) is 4.59. The van der Waals surface area contributed by atoms with Gasteiger partial charge in [-0.3, -0.25) is 4.79 Å². The Morgan fingerprint density at radius 2 is 2.09 bits per heavy atom. The number of hydrogen-bond donors (Lipinski definition) is 1. The molecule has 1 N–H and O–H groups in total. The number of hydrogen-bond acceptors (Lipinski definition) is 4. The van der Waals surface area contributed by atoms with Crippen molar-refractivity contribution in [2.24, 2.45) is 0 Å². The molecule has 0 radical (unpaired) electrons. The number of thiazole rings is 1. The minimum atomic E-state index is -0.204. The summed E-state index contributed by atoms with van der Waals surface area (Å²) in [5.41, 5.74) is 1.16. The number of amides is 1. The van der Waals surface area contributed by atoms with Gasteiger partial charge in [0, 0.05) is 29.0 Å². The van der Waals surface area contributed by atoms with Crippen molar-refractivity contribution >= 4 is 22.9 Å². The Morgan fingerprint density at radius 1 is 1.30 bits per heavy atom. The molecule has 3 aromatic rings. The molecule has 0 fully saturated rings. The summed E-state index contributed by atoms with van der Waals surface area (Å²) in [6.07, 6.45) is 4.60. The molecule has 3 rings (SSSR count). The van der Waals surface area contributed by atoms with Gasteiger partial charge in [0.1, 0.15) is 11.4 Å². The molecule has 118 valence electrons. The van der Waals surface area contributed by atoms with Crippen LogP contribution in [0.4, 0.5) is 5.69 Å². The maximum atomic E-state index is 12.6. The van der Waals surface area contributed by atoms with Gasteiger partial charge in [-0.05, 0) is 30.7 Å². The summed E-state index contributed by atoms with van der Waals surface area (Å²) in [6.45, 7) is 2.02. The number of nitrogens with one attached hydrogen (secondary N) is 1. The van der Waals surface area contributed by atoms with Gasteiger partial charge in [0.25, 0.3) is 5.91 Å². The number of anilines is 1. The van der Waals surface area contributed by atoms with Gasteiger partial charge >= 0.3 is 0 Å². The number of carbonyl (C=O) groups is 1. The number of nitrogens with zero attached hydrogens (tertiary/aromatic N) is 2. The molecule has 0 spiro atoms. The predicted octanol–water partition coefficient (Wildman–Crippen LogP) is 3.76. The average Bonchev–Trinajstić information content (AvgIpc) is 3.23. The van der Waals surface area contributed by atoms with E-state index < -0.39 is 0 Å². The van der Waals surface area contributed by atoms with E-state index in [0.717, 1.165) is 16.4 Å². The Balaban J connectivity index is 1.86. The number of aromatic nitrogens is 2. The molecule has 0 bridgehead atoms. The van der Waals surface area contributed by atoms with Gasteiger partial charge in [0.15, 0.2) is 5.13 Å². The van der Waals surface area contributed by atoms with E-state index in [2.05, 4.69) is 10.3 Å². The molecule has 23 heavy (non-hydrogen) atoms. The van der Waals surface area contributed by atoms with Gasteiger partial charge in [-0.25, -0.2) is 4.98 Å². The normalized spacial score (nSPS) is 10.5. The number of rotatable bonds is 5. The van der Waals surface area contributed by atoms with Crippen LogP contribution < -0.4 is 10.1 Å². The molecule has 5 nitrogen and oxygen atoms in total. The van der Waals surface area contributed by atoms with Crippen LogP contribution in [-0.2, 0) is 6.42 Å². The zero-order valence-corrected chi connectivity index (χ0v) is 13.8. The molecular weight excluding hydrogens is 310 g/mol. The summed E-state index contributed by atoms with van der Waals surface area (Å²) in [4.78, 5) is 18.0. The number of benzene rings is 1. The molecule has 2 heterocycles. The third kappa shape index (κ3) is 3.27. The van der Waals surface area contributed by atoms with Gasteiger partial charge in [-0.1, -0.05) is 13.0 Å². The van der Waals surface area contributed by atoms with E-state index >= 15 is 0 Å². The summed E-state index contributed by atoms with van der Waals surface area (Å²) < 4.78 is 7.08. The van der Waals surface area contributed by atoms with Crippen molar-refractivity contribution in [1.29, 1.82) is 0 Å². The van der Waals surface area contributed by atoms with Gasteiger partial charge in [-0.2, -0.15) is 0 Å². The van der Waals surface area contributed by atoms with Crippen molar-refractivity contribution < 1.29 is 9.53 Å². The Hall–Kier alpha value is -2.60. The molecule has 0 unspecified atom stereocenters. The van der Waals surface area contributed by atoms with Crippen molar-refractivity contribution in [1.82, 2.24) is 9.55 Å². The lowest BCUT2D eigenvalue weighted by Gasteiger charge is -2.06. The highest BCUT2D eigenvalue weighted by atomic mass is 32.1. The molecule has 0 saturated carbocycles. The second-order valence-corrected chi connectivity index (χ2v) is 5.96. The number of aryl methyl sites for hydroxylation is 1. The molecule has 0 aliphatic heterocycles. The number of ether oxygens (including phenoxy) is 1. The molecule has 0 aliphatic carbocycles. The van der Waals surface area contributed by atoms with E-state index in [4.69, 9.17) is 4.74 Å². The average molecular weight is 327 g/mol. The lowest BCUT2D eigenvalue weighted by molar-refractivity contribution is 0.102. The first kappa shape index (κ1) is 15.3. The smallest absolute Gasteiger partial charge is 0.275 e. The zero-order chi connectivity index (χ0) is 16.2. The Bertz CT molecular complexity index is 809. The first-order chi connectivity index (χ1) is 11.2. The standard InChI is InChI=1S/C17H17N3O2S/c1-3-14-15(19-17(23-14)20-9-4-5-10-20)16(21)18-12-7-6-8-13(11-12)22-2/h4-11H,3H2,1-2H3,(H,18,21). The van der Waals surface area contributed by atoms with Crippen LogP contribution in [0.3, 0.4) is 0 Å². The van der Waals surface area contributed by atoms with Crippen LogP contribution in [-0.4, -0.2) is 22.6 Å². The Labute approximate surface area is 138 Å². The monoisotopic (exact) mass is 327 g/mol. The molecule has 0 saturated heterocycles. The number of methoxy groups -OCH3 is 1. The van der Waals surface area contributed by atoms with E-state index in [0.29, 0.717) is 17.1 Å². The summed E-state index contributed by atoms with van der Waals surface area (Å²) in [5, 5.41) is 3.68. The second-order valence-electron chi connectivity index (χ2n) is 4.90. The van der Waals surface area contributed by atoms with Crippen LogP contribution in [0, 0.1) is 0 Å². The first-order valence-corrected chi connectivity index (χ1v) is 8.11. The maximum absolute atomic E-state index is 12.6. The van der Waals surface area contributed by atoms with Crippen molar-refractivity contribution in [3.63, 3.8) is 0 Å². The minimum Gasteiger partial charge on any atom is -0.497 e. The van der Waals surface area contributed by atoms with Crippen LogP contribution >= 0.6 is 11.3 Å². The summed E-state index contributed by atoms with van der Waals surface area (Å²) in [6, 6.07) is 11.1. The highest BCUT2D eigenvalue weighted by Crippen LogP contribution is 2.24. The van der Waals surface area contributed by atoms with E-state index in [1.165, 1.54) is 11.3 Å². The molecule has 6 heteroatoms. The summed E-state index contributed by atoms with van der Waals surface area (Å²) in [7, 11) is 1.60. The van der Waals surface area contributed by atoms with Crippen LogP contribution in [0.5, 0.6) is 5.75 Å². The minimum absolute atomic E-state index is 0.204. The lowest BCUT2D eigenvalue weighted by atomic mass is 10.2. The fourth-order valence-electron chi connectivity index (χ4n) is 2.22. The van der Waals surface area contributed by atoms with Gasteiger partial charge in [0.2, 0.25) is 0 Å². The molecule has 0 atom stereocenters. The fraction of sp³-hybridized carbons (Fsp3) is 0.176. The zero-order valence-electron chi connectivity index (χ0n) is 12.9. The first-order valence-electron chi connectivity index (χ1n) is 7.29. The van der Waals surface area contributed by atoms with Crippen LogP contribution in [0.2, 0.25) is 0 Å². The lowest BCUT2D eigenvalue weighted by Crippen LogP contribution is -2.14. The fourth-order valence-corrected chi connectivity index (χ4v) is 3.18. The molecule has 2 aromatic heterocycles. The quantitative estimate of drug-likeness (QED) is 0.776. The Morgan fingerprint density at radius 3 is 2.78 bits per heavy atom. The predicted molar refractivity (Wildman–Crippen MR) is 91.8 cm³/mol. The van der Waals surface area contributed by atoms with Crippen molar-refractivity contribution in [3.05, 3.63) is 59.4 Å². The van der Waals surface area contributed by atoms with Crippen molar-refractivity contribution in [2.45, 2.75) is 13.3 Å². The highest BCUT2D eigenvalue weighted by molar-refractivity contribution is 7.14. The maximum Gasteiger partial charge on any atom is 0.275 e. The van der Waals surface area contributed by atoms with Gasteiger partial charge in [0.05, 0.1) is 7.11 Å². The molecule has 1 amide bonds. The summed E-state index contributed by atoms with van der Waals surface area (Å²) >= 11 is 1.53. The third-order valence-electron chi connectivity index (χ3n) is 3.38. The van der Waals surface area contributed by atoms with Crippen molar-refractivity contribution in [2.75, 3.05) is 12.4 Å². The van der Waals surface area contributed by atoms with E-state index in [1.807, 2.05) is 54.2 Å². The van der Waals surface area contributed by atoms with Crippen molar-refractivity contribution in [3.8, 4) is 10.9 Å². The largest absolute Gasteiger partial charge is 0.497 e. The SMILES string of the molecule is CCc1sc(-n2cccc2)nc1C(=O)Nc1cccc(OC)c1. The highest BCUT2D eigenvalue weighted by Gasteiger charge is 2.18. The molecule has 0 aliphatic rings. The van der Waals surface area contributed by atoms with Crippen LogP contribution in [0.1, 0.15) is 22.3 Å². The Kier molecular flexibility index (Phi) is 4.43. The topological polar surface area (TPSA) is 56.2 Å². The second kappa shape index (κ2) is 6.66. The van der Waals surface area contributed by atoms with E-state index in [9.17, 15) is 4.79 Å². The number of carbonyl (C=O) groups excluding carboxylic acids is 1. The van der Waals surface area contributed by atoms with Crippen LogP contribution in [0.15, 0.2) is 48.8 Å². The van der Waals surface area contributed by atoms with Crippen LogP contribution in [0.25, 0.3) is 5.13 Å². The van der Waals surface area contributed by atoms with Gasteiger partial charge in [-0.15, -0.1) is 11.3 Å². The van der Waals surface area contributed by atoms with E-state index in [-0.39, 0.29) is 5.91 Å². The van der Waals surface area contributed by atoms with Gasteiger partial charge < -0.3 is 14.6 Å².